The molecule has 10 heavy (non-hydrogen) atoms. The first kappa shape index (κ1) is 9.62. The van der Waals surface area contributed by atoms with Crippen molar-refractivity contribution >= 4 is 28.2 Å². The molecule has 0 aliphatic carbocycles. The van der Waals surface area contributed by atoms with E-state index in [0.29, 0.717) is 12.9 Å². The lowest BCUT2D eigenvalue weighted by Gasteiger charge is -2.00. The van der Waals surface area contributed by atoms with Crippen molar-refractivity contribution < 1.29 is 14.3 Å². The highest BCUT2D eigenvalue weighted by molar-refractivity contribution is 9.10. The molecule has 0 N–H and O–H groups in total. The zero-order valence-corrected chi connectivity index (χ0v) is 7.26. The molecule has 0 unspecified atom stereocenters. The fourth-order valence-electron chi connectivity index (χ4n) is 0.427. The summed E-state index contributed by atoms with van der Waals surface area (Å²) in [5, 5.41) is 0. The van der Waals surface area contributed by atoms with Crippen molar-refractivity contribution in [3.8, 4) is 0 Å². The Bertz CT molecular complexity index is 124. The Balaban J connectivity index is 3.46. The van der Waals surface area contributed by atoms with Gasteiger partial charge in [-0.15, -0.1) is 0 Å². The Morgan fingerprint density at radius 2 is 2.40 bits per heavy atom. The number of hydrogen-bond donors (Lipinski definition) is 0. The molecule has 0 aromatic rings. The summed E-state index contributed by atoms with van der Waals surface area (Å²) < 4.78 is 4.59. The molecular weight excluding hydrogens is 200 g/mol. The van der Waals surface area contributed by atoms with Crippen molar-refractivity contribution in [1.82, 2.24) is 0 Å². The molecule has 0 saturated carbocycles. The summed E-state index contributed by atoms with van der Waals surface area (Å²) in [6, 6.07) is 0. The van der Waals surface area contributed by atoms with Crippen LogP contribution in [0.3, 0.4) is 0 Å². The Labute approximate surface area is 67.9 Å². The maximum atomic E-state index is 10.6. The normalized spacial score (nSPS) is 12.2. The largest absolute Gasteiger partial charge is 0.466 e. The summed E-state index contributed by atoms with van der Waals surface area (Å²) in [6.45, 7) is 2.08. The molecule has 4 heteroatoms. The van der Waals surface area contributed by atoms with Gasteiger partial charge in [0.25, 0.3) is 0 Å². The van der Waals surface area contributed by atoms with E-state index in [1.807, 2.05) is 0 Å². The van der Waals surface area contributed by atoms with E-state index in [1.165, 1.54) is 0 Å². The Kier molecular flexibility index (Phi) is 5.20. The number of alkyl halides is 1. The van der Waals surface area contributed by atoms with Crippen LogP contribution >= 0.6 is 15.9 Å². The molecular formula is C6H9BrO3. The molecule has 0 fully saturated rings. The second kappa shape index (κ2) is 5.41. The highest BCUT2D eigenvalue weighted by Gasteiger charge is 2.08. The molecule has 0 aliphatic heterocycles. The van der Waals surface area contributed by atoms with Gasteiger partial charge < -0.3 is 9.53 Å². The van der Waals surface area contributed by atoms with Crippen molar-refractivity contribution in [2.45, 2.75) is 18.2 Å². The van der Waals surface area contributed by atoms with Gasteiger partial charge in [-0.05, 0) is 6.92 Å². The third-order valence-electron chi connectivity index (χ3n) is 0.815. The first-order chi connectivity index (χ1) is 4.70. The molecule has 0 spiro atoms. The molecule has 0 aliphatic rings. The maximum Gasteiger partial charge on any atom is 0.307 e. The van der Waals surface area contributed by atoms with Crippen molar-refractivity contribution in [2.75, 3.05) is 6.61 Å². The van der Waals surface area contributed by atoms with Crippen molar-refractivity contribution in [1.29, 1.82) is 0 Å². The van der Waals surface area contributed by atoms with E-state index >= 15 is 0 Å². The third kappa shape index (κ3) is 4.49. The van der Waals surface area contributed by atoms with E-state index in [4.69, 9.17) is 0 Å². The van der Waals surface area contributed by atoms with Crippen LogP contribution in [0, 0.1) is 0 Å². The molecule has 0 aromatic heterocycles. The standard InChI is InChI=1S/C6H9BrO3/c1-2-10-6(9)3-5(7)4-8/h4-5H,2-3H2,1H3/t5-/m0/s1. The van der Waals surface area contributed by atoms with E-state index in [-0.39, 0.29) is 12.4 Å². The average Bonchev–Trinajstić information content (AvgIpc) is 1.88. The minimum atomic E-state index is -0.411. The number of esters is 1. The van der Waals surface area contributed by atoms with Gasteiger partial charge in [-0.25, -0.2) is 0 Å². The van der Waals surface area contributed by atoms with Gasteiger partial charge in [0.1, 0.15) is 6.29 Å². The van der Waals surface area contributed by atoms with E-state index in [2.05, 4.69) is 20.7 Å². The van der Waals surface area contributed by atoms with Crippen LogP contribution in [0.5, 0.6) is 0 Å². The van der Waals surface area contributed by atoms with Gasteiger partial charge in [0.05, 0.1) is 17.9 Å². The third-order valence-corrected chi connectivity index (χ3v) is 1.35. The van der Waals surface area contributed by atoms with E-state index in [9.17, 15) is 9.59 Å². The second-order valence-corrected chi connectivity index (χ2v) is 2.84. The average molecular weight is 209 g/mol. The highest BCUT2D eigenvalue weighted by atomic mass is 79.9. The molecule has 0 heterocycles. The highest BCUT2D eigenvalue weighted by Crippen LogP contribution is 2.02. The molecule has 0 radical (unpaired) electrons. The van der Waals surface area contributed by atoms with Crippen LogP contribution in [0.2, 0.25) is 0 Å². The molecule has 0 saturated heterocycles. The van der Waals surface area contributed by atoms with E-state index in [0.717, 1.165) is 0 Å². The molecule has 1 atom stereocenters. The topological polar surface area (TPSA) is 43.4 Å². The van der Waals surface area contributed by atoms with Gasteiger partial charge in [0.2, 0.25) is 0 Å². The summed E-state index contributed by atoms with van der Waals surface area (Å²) in [7, 11) is 0. The lowest BCUT2D eigenvalue weighted by Crippen LogP contribution is -2.11. The summed E-state index contributed by atoms with van der Waals surface area (Å²) in [5.74, 6) is -0.350. The first-order valence-corrected chi connectivity index (χ1v) is 3.87. The monoisotopic (exact) mass is 208 g/mol. The summed E-state index contributed by atoms with van der Waals surface area (Å²) in [4.78, 5) is 20.2. The van der Waals surface area contributed by atoms with Crippen LogP contribution in [0.15, 0.2) is 0 Å². The number of ether oxygens (including phenoxy) is 1. The van der Waals surface area contributed by atoms with Gasteiger partial charge in [-0.2, -0.15) is 0 Å². The predicted molar refractivity (Wildman–Crippen MR) is 40.0 cm³/mol. The molecule has 3 nitrogen and oxygen atoms in total. The van der Waals surface area contributed by atoms with Crippen LogP contribution in [0.25, 0.3) is 0 Å². The molecule has 0 aromatic carbocycles. The maximum absolute atomic E-state index is 10.6. The molecule has 58 valence electrons. The van der Waals surface area contributed by atoms with Gasteiger partial charge in [0.15, 0.2) is 0 Å². The van der Waals surface area contributed by atoms with Gasteiger partial charge in [0, 0.05) is 0 Å². The quantitative estimate of drug-likeness (QED) is 0.392. The van der Waals surface area contributed by atoms with Crippen LogP contribution in [0.1, 0.15) is 13.3 Å². The van der Waals surface area contributed by atoms with Gasteiger partial charge in [-0.1, -0.05) is 15.9 Å². The first-order valence-electron chi connectivity index (χ1n) is 2.95. The number of halogens is 1. The second-order valence-electron chi connectivity index (χ2n) is 1.66. The number of rotatable bonds is 4. The van der Waals surface area contributed by atoms with E-state index < -0.39 is 4.83 Å². The fourth-order valence-corrected chi connectivity index (χ4v) is 0.692. The van der Waals surface area contributed by atoms with Crippen LogP contribution in [-0.4, -0.2) is 23.7 Å². The zero-order valence-electron chi connectivity index (χ0n) is 5.67. The zero-order chi connectivity index (χ0) is 7.98. The minimum absolute atomic E-state index is 0.108. The van der Waals surface area contributed by atoms with Crippen molar-refractivity contribution in [3.05, 3.63) is 0 Å². The molecule has 0 amide bonds. The number of carbonyl (C=O) groups is 2. The fraction of sp³-hybridized carbons (Fsp3) is 0.667. The van der Waals surface area contributed by atoms with Gasteiger partial charge >= 0.3 is 5.97 Å². The molecule has 0 bridgehead atoms. The van der Waals surface area contributed by atoms with Crippen LogP contribution in [0.4, 0.5) is 0 Å². The summed E-state index contributed by atoms with van der Waals surface area (Å²) in [6.07, 6.45) is 0.772. The summed E-state index contributed by atoms with van der Waals surface area (Å²) >= 11 is 2.98. The summed E-state index contributed by atoms with van der Waals surface area (Å²) in [5.41, 5.74) is 0. The predicted octanol–water partition coefficient (Wildman–Crippen LogP) is 0.902. The Morgan fingerprint density at radius 3 is 2.80 bits per heavy atom. The SMILES string of the molecule is CCOC(=O)C[C@H](Br)C=O. The van der Waals surface area contributed by atoms with Gasteiger partial charge in [-0.3, -0.25) is 4.79 Å². The number of aldehydes is 1. The smallest absolute Gasteiger partial charge is 0.307 e. The number of hydrogen-bond acceptors (Lipinski definition) is 3. The van der Waals surface area contributed by atoms with Crippen molar-refractivity contribution in [2.24, 2.45) is 0 Å². The Hall–Kier alpha value is -0.380. The minimum Gasteiger partial charge on any atom is -0.466 e. The lowest BCUT2D eigenvalue weighted by molar-refractivity contribution is -0.143. The van der Waals surface area contributed by atoms with Crippen molar-refractivity contribution in [3.63, 3.8) is 0 Å². The number of carbonyl (C=O) groups excluding carboxylic acids is 2. The Morgan fingerprint density at radius 1 is 1.80 bits per heavy atom. The van der Waals surface area contributed by atoms with E-state index in [1.54, 1.807) is 6.92 Å². The van der Waals surface area contributed by atoms with Crippen LogP contribution in [-0.2, 0) is 14.3 Å². The molecule has 0 rings (SSSR count). The lowest BCUT2D eigenvalue weighted by atomic mass is 10.3. The van der Waals surface area contributed by atoms with Crippen LogP contribution < -0.4 is 0 Å².